The first-order chi connectivity index (χ1) is 13.5. The molecular formula is C20H21FN4O2S. The zero-order valence-electron chi connectivity index (χ0n) is 15.8. The lowest BCUT2D eigenvalue weighted by molar-refractivity contribution is -0.127. The van der Waals surface area contributed by atoms with E-state index in [-0.39, 0.29) is 24.0 Å². The number of allylic oxidation sites excluding steroid dienone is 1. The van der Waals surface area contributed by atoms with Crippen LogP contribution in [0.2, 0.25) is 0 Å². The lowest BCUT2D eigenvalue weighted by atomic mass is 10.2. The lowest BCUT2D eigenvalue weighted by Crippen LogP contribution is -2.28. The van der Waals surface area contributed by atoms with E-state index in [9.17, 15) is 9.18 Å². The van der Waals surface area contributed by atoms with E-state index in [0.717, 1.165) is 11.3 Å². The van der Waals surface area contributed by atoms with E-state index in [4.69, 9.17) is 4.42 Å². The number of carbonyl (C=O) groups is 1. The molecule has 0 aliphatic rings. The Bertz CT molecular complexity index is 982. The second-order valence-corrected chi connectivity index (χ2v) is 7.17. The number of hydrogen-bond donors (Lipinski definition) is 0. The zero-order chi connectivity index (χ0) is 20.1. The number of benzene rings is 1. The number of aromatic nitrogens is 3. The third-order valence-electron chi connectivity index (χ3n) is 4.24. The van der Waals surface area contributed by atoms with E-state index < -0.39 is 0 Å². The highest BCUT2D eigenvalue weighted by Gasteiger charge is 2.19. The Balaban J connectivity index is 1.69. The quantitative estimate of drug-likeness (QED) is 0.424. The van der Waals surface area contributed by atoms with Crippen LogP contribution >= 0.6 is 11.8 Å². The van der Waals surface area contributed by atoms with Crippen LogP contribution in [0.1, 0.15) is 11.3 Å². The van der Waals surface area contributed by atoms with Crippen LogP contribution in [0.5, 0.6) is 0 Å². The van der Waals surface area contributed by atoms with E-state index in [2.05, 4.69) is 16.8 Å². The maximum Gasteiger partial charge on any atom is 0.233 e. The molecule has 0 fully saturated rings. The number of nitrogens with zero attached hydrogens (tertiary/aromatic N) is 4. The van der Waals surface area contributed by atoms with Gasteiger partial charge >= 0.3 is 0 Å². The number of furan rings is 1. The standard InChI is InChI=1S/C20H21FN4O2S/c1-4-10-25-19(16-9-11-27-14(16)2)22-23-20(25)28-13-18(26)24(3)12-15-7-5-6-8-17(15)21/h4-9,11H,1,10,12-13H2,2-3H3. The average Bonchev–Trinajstić information content (AvgIpc) is 3.27. The molecule has 0 saturated heterocycles. The largest absolute Gasteiger partial charge is 0.469 e. The summed E-state index contributed by atoms with van der Waals surface area (Å²) in [4.78, 5) is 14.0. The monoisotopic (exact) mass is 400 g/mol. The number of amides is 1. The first-order valence-electron chi connectivity index (χ1n) is 8.70. The van der Waals surface area contributed by atoms with Crippen LogP contribution in [0.3, 0.4) is 0 Å². The molecule has 2 aromatic heterocycles. The molecule has 3 aromatic rings. The van der Waals surface area contributed by atoms with Gasteiger partial charge in [-0.05, 0) is 19.1 Å². The van der Waals surface area contributed by atoms with Gasteiger partial charge in [-0.2, -0.15) is 0 Å². The van der Waals surface area contributed by atoms with Crippen LogP contribution in [0, 0.1) is 12.7 Å². The van der Waals surface area contributed by atoms with E-state index in [1.807, 2.05) is 17.6 Å². The predicted molar refractivity (Wildman–Crippen MR) is 106 cm³/mol. The molecule has 1 amide bonds. The van der Waals surface area contributed by atoms with Crippen LogP contribution in [0.25, 0.3) is 11.4 Å². The molecule has 0 spiro atoms. The predicted octanol–water partition coefficient (Wildman–Crippen LogP) is 3.92. The van der Waals surface area contributed by atoms with Crippen molar-refractivity contribution in [2.24, 2.45) is 0 Å². The van der Waals surface area contributed by atoms with Crippen molar-refractivity contribution < 1.29 is 13.6 Å². The van der Waals surface area contributed by atoms with Crippen LogP contribution in [-0.2, 0) is 17.9 Å². The molecule has 8 heteroatoms. The average molecular weight is 400 g/mol. The van der Waals surface area contributed by atoms with Crippen molar-refractivity contribution in [2.75, 3.05) is 12.8 Å². The molecule has 2 heterocycles. The highest BCUT2D eigenvalue weighted by molar-refractivity contribution is 7.99. The Morgan fingerprint density at radius 2 is 2.14 bits per heavy atom. The Morgan fingerprint density at radius 1 is 1.36 bits per heavy atom. The minimum absolute atomic E-state index is 0.123. The minimum atomic E-state index is -0.319. The fraction of sp³-hybridized carbons (Fsp3) is 0.250. The number of hydrogen-bond acceptors (Lipinski definition) is 5. The molecule has 3 rings (SSSR count). The first kappa shape index (κ1) is 19.9. The van der Waals surface area contributed by atoms with E-state index in [1.165, 1.54) is 22.7 Å². The number of thioether (sulfide) groups is 1. The van der Waals surface area contributed by atoms with Gasteiger partial charge in [-0.3, -0.25) is 9.36 Å². The van der Waals surface area contributed by atoms with Crippen molar-refractivity contribution in [1.29, 1.82) is 0 Å². The molecule has 6 nitrogen and oxygen atoms in total. The molecule has 28 heavy (non-hydrogen) atoms. The maximum atomic E-state index is 13.8. The van der Waals surface area contributed by atoms with Gasteiger partial charge in [0, 0.05) is 25.7 Å². The highest BCUT2D eigenvalue weighted by atomic mass is 32.2. The number of carbonyl (C=O) groups excluding carboxylic acids is 1. The molecule has 0 unspecified atom stereocenters. The summed E-state index contributed by atoms with van der Waals surface area (Å²) in [5, 5.41) is 9.08. The SMILES string of the molecule is C=CCn1c(SCC(=O)N(C)Cc2ccccc2F)nnc1-c1ccoc1C. The van der Waals surface area contributed by atoms with Crippen LogP contribution in [-0.4, -0.2) is 38.4 Å². The fourth-order valence-electron chi connectivity index (χ4n) is 2.71. The van der Waals surface area contributed by atoms with Gasteiger partial charge in [0.05, 0.1) is 17.6 Å². The summed E-state index contributed by atoms with van der Waals surface area (Å²) in [5.74, 6) is 1.14. The molecule has 0 aliphatic heterocycles. The Kier molecular flexibility index (Phi) is 6.30. The summed E-state index contributed by atoms with van der Waals surface area (Å²) in [6, 6.07) is 8.28. The molecule has 146 valence electrons. The van der Waals surface area contributed by atoms with Crippen molar-refractivity contribution in [3.05, 3.63) is 66.4 Å². The third-order valence-corrected chi connectivity index (χ3v) is 5.20. The van der Waals surface area contributed by atoms with Crippen molar-refractivity contribution in [3.8, 4) is 11.4 Å². The first-order valence-corrected chi connectivity index (χ1v) is 9.68. The third kappa shape index (κ3) is 4.33. The Morgan fingerprint density at radius 3 is 2.82 bits per heavy atom. The number of halogens is 1. The van der Waals surface area contributed by atoms with Gasteiger partial charge in [0.2, 0.25) is 5.91 Å². The second kappa shape index (κ2) is 8.88. The van der Waals surface area contributed by atoms with E-state index >= 15 is 0 Å². The van der Waals surface area contributed by atoms with Gasteiger partial charge in [-0.1, -0.05) is 36.0 Å². The molecule has 0 radical (unpaired) electrons. The molecule has 1 aromatic carbocycles. The molecule has 0 bridgehead atoms. The van der Waals surface area contributed by atoms with Gasteiger partial charge < -0.3 is 9.32 Å². The fourth-order valence-corrected chi connectivity index (χ4v) is 3.60. The van der Waals surface area contributed by atoms with Gasteiger partial charge in [0.25, 0.3) is 0 Å². The molecule has 0 N–H and O–H groups in total. The Labute approximate surface area is 167 Å². The summed E-state index contributed by atoms with van der Waals surface area (Å²) in [5.41, 5.74) is 1.33. The van der Waals surface area contributed by atoms with Crippen molar-refractivity contribution >= 4 is 17.7 Å². The van der Waals surface area contributed by atoms with Crippen molar-refractivity contribution in [2.45, 2.75) is 25.2 Å². The molecule has 0 aliphatic carbocycles. The van der Waals surface area contributed by atoms with E-state index in [0.29, 0.717) is 23.1 Å². The summed E-state index contributed by atoms with van der Waals surface area (Å²) in [6.07, 6.45) is 3.35. The zero-order valence-corrected chi connectivity index (χ0v) is 16.6. The smallest absolute Gasteiger partial charge is 0.233 e. The summed E-state index contributed by atoms with van der Waals surface area (Å²) in [6.45, 7) is 6.36. The molecule has 0 saturated carbocycles. The molecule has 0 atom stereocenters. The topological polar surface area (TPSA) is 64.2 Å². The van der Waals surface area contributed by atoms with Gasteiger partial charge in [0.1, 0.15) is 11.6 Å². The maximum absolute atomic E-state index is 13.8. The van der Waals surface area contributed by atoms with Gasteiger partial charge in [-0.25, -0.2) is 4.39 Å². The summed E-state index contributed by atoms with van der Waals surface area (Å²) >= 11 is 1.29. The molecular weight excluding hydrogens is 379 g/mol. The van der Waals surface area contributed by atoms with Crippen LogP contribution in [0.4, 0.5) is 4.39 Å². The lowest BCUT2D eigenvalue weighted by Gasteiger charge is -2.17. The highest BCUT2D eigenvalue weighted by Crippen LogP contribution is 2.27. The van der Waals surface area contributed by atoms with Crippen molar-refractivity contribution in [3.63, 3.8) is 0 Å². The van der Waals surface area contributed by atoms with Crippen LogP contribution in [0.15, 0.2) is 58.8 Å². The van der Waals surface area contributed by atoms with Gasteiger partial charge in [-0.15, -0.1) is 16.8 Å². The summed E-state index contributed by atoms with van der Waals surface area (Å²) < 4.78 is 21.0. The normalized spacial score (nSPS) is 10.8. The summed E-state index contributed by atoms with van der Waals surface area (Å²) in [7, 11) is 1.66. The number of aryl methyl sites for hydroxylation is 1. The van der Waals surface area contributed by atoms with Crippen molar-refractivity contribution in [1.82, 2.24) is 19.7 Å². The van der Waals surface area contributed by atoms with Crippen LogP contribution < -0.4 is 0 Å². The second-order valence-electron chi connectivity index (χ2n) is 6.23. The van der Waals surface area contributed by atoms with E-state index in [1.54, 1.807) is 37.6 Å². The minimum Gasteiger partial charge on any atom is -0.469 e. The Hall–Kier alpha value is -2.87. The van der Waals surface area contributed by atoms with Gasteiger partial charge in [0.15, 0.2) is 11.0 Å². The number of rotatable bonds is 8.